The molecule has 106 valence electrons. The van der Waals surface area contributed by atoms with Crippen LogP contribution in [0.25, 0.3) is 0 Å². The van der Waals surface area contributed by atoms with E-state index in [4.69, 9.17) is 16.3 Å². The first-order valence-electron chi connectivity index (χ1n) is 7.13. The van der Waals surface area contributed by atoms with Crippen LogP contribution in [0.15, 0.2) is 18.2 Å². The smallest absolute Gasteiger partial charge is 0.0583 e. The average Bonchev–Trinajstić information content (AvgIpc) is 2.30. The van der Waals surface area contributed by atoms with Gasteiger partial charge in [-0.3, -0.25) is 0 Å². The monoisotopic (exact) mass is 282 g/mol. The van der Waals surface area contributed by atoms with E-state index in [0.29, 0.717) is 18.4 Å². The second-order valence-electron chi connectivity index (χ2n) is 5.60. The van der Waals surface area contributed by atoms with E-state index in [-0.39, 0.29) is 6.10 Å². The zero-order chi connectivity index (χ0) is 13.8. The van der Waals surface area contributed by atoms with Crippen molar-refractivity contribution in [2.75, 3.05) is 6.61 Å². The lowest BCUT2D eigenvalue weighted by atomic mass is 9.78. The van der Waals surface area contributed by atoms with E-state index in [9.17, 15) is 5.11 Å². The van der Waals surface area contributed by atoms with E-state index in [1.54, 1.807) is 0 Å². The van der Waals surface area contributed by atoms with Crippen LogP contribution in [0.5, 0.6) is 0 Å². The van der Waals surface area contributed by atoms with E-state index in [2.05, 4.69) is 0 Å². The quantitative estimate of drug-likeness (QED) is 0.861. The Kier molecular flexibility index (Phi) is 5.26. The van der Waals surface area contributed by atoms with Crippen molar-refractivity contribution < 1.29 is 9.84 Å². The van der Waals surface area contributed by atoms with Crippen LogP contribution in [0.3, 0.4) is 0 Å². The third-order valence-electron chi connectivity index (χ3n) is 3.86. The molecule has 2 rings (SSSR count). The van der Waals surface area contributed by atoms with Crippen molar-refractivity contribution in [3.05, 3.63) is 34.3 Å². The van der Waals surface area contributed by atoms with E-state index in [0.717, 1.165) is 42.0 Å². The van der Waals surface area contributed by atoms with Gasteiger partial charge in [-0.1, -0.05) is 23.7 Å². The van der Waals surface area contributed by atoms with Crippen molar-refractivity contribution in [2.24, 2.45) is 5.92 Å². The molecule has 0 spiro atoms. The largest absolute Gasteiger partial charge is 0.393 e. The highest BCUT2D eigenvalue weighted by Crippen LogP contribution is 2.34. The number of hydrogen-bond donors (Lipinski definition) is 1. The van der Waals surface area contributed by atoms with Gasteiger partial charge in [-0.25, -0.2) is 0 Å². The zero-order valence-corrected chi connectivity index (χ0v) is 12.5. The molecule has 1 aliphatic rings. The second-order valence-corrected chi connectivity index (χ2v) is 6.01. The molecule has 0 radical (unpaired) electrons. The summed E-state index contributed by atoms with van der Waals surface area (Å²) < 4.78 is 5.54. The zero-order valence-electron chi connectivity index (χ0n) is 11.7. The number of hydrogen-bond acceptors (Lipinski definition) is 2. The number of aryl methyl sites for hydroxylation is 1. The highest BCUT2D eigenvalue weighted by molar-refractivity contribution is 6.31. The molecular weight excluding hydrogens is 260 g/mol. The molecule has 2 nitrogen and oxygen atoms in total. The maximum Gasteiger partial charge on any atom is 0.0583 e. The van der Waals surface area contributed by atoms with Gasteiger partial charge in [0.2, 0.25) is 0 Å². The molecule has 3 heteroatoms. The number of aliphatic hydroxyl groups excluding tert-OH is 1. The lowest BCUT2D eigenvalue weighted by molar-refractivity contribution is -0.0375. The van der Waals surface area contributed by atoms with Crippen molar-refractivity contribution in [1.82, 2.24) is 0 Å². The fraction of sp³-hybridized carbons (Fsp3) is 0.625. The summed E-state index contributed by atoms with van der Waals surface area (Å²) in [7, 11) is 0. The van der Waals surface area contributed by atoms with Gasteiger partial charge in [-0.2, -0.15) is 0 Å². The van der Waals surface area contributed by atoms with Gasteiger partial charge in [0.1, 0.15) is 0 Å². The molecule has 1 atom stereocenters. The third kappa shape index (κ3) is 4.20. The average molecular weight is 283 g/mol. The SMILES string of the molecule is CCOC1CC(CC(O)Cc2ccc(C)cc2Cl)C1. The Labute approximate surface area is 120 Å². The Balaban J connectivity index is 1.77. The number of benzene rings is 1. The lowest BCUT2D eigenvalue weighted by Crippen LogP contribution is -2.34. The Bertz CT molecular complexity index is 413. The summed E-state index contributed by atoms with van der Waals surface area (Å²) in [5.74, 6) is 0.607. The summed E-state index contributed by atoms with van der Waals surface area (Å²) in [4.78, 5) is 0. The molecular formula is C16H23ClO2. The van der Waals surface area contributed by atoms with E-state index in [1.165, 1.54) is 0 Å². The van der Waals surface area contributed by atoms with Gasteiger partial charge in [0.05, 0.1) is 12.2 Å². The third-order valence-corrected chi connectivity index (χ3v) is 4.22. The molecule has 19 heavy (non-hydrogen) atoms. The maximum atomic E-state index is 10.1. The first-order chi connectivity index (χ1) is 9.08. The molecule has 0 heterocycles. The molecule has 0 aromatic heterocycles. The summed E-state index contributed by atoms with van der Waals surface area (Å²) in [6, 6.07) is 6.02. The van der Waals surface area contributed by atoms with E-state index in [1.807, 2.05) is 32.0 Å². The predicted octanol–water partition coefficient (Wildman–Crippen LogP) is 3.76. The second kappa shape index (κ2) is 6.74. The molecule has 0 aliphatic heterocycles. The molecule has 1 aromatic carbocycles. The van der Waals surface area contributed by atoms with E-state index >= 15 is 0 Å². The molecule has 1 saturated carbocycles. The molecule has 1 aliphatic carbocycles. The molecule has 0 bridgehead atoms. The van der Waals surface area contributed by atoms with Gasteiger partial charge in [-0.15, -0.1) is 0 Å². The Morgan fingerprint density at radius 3 is 2.79 bits per heavy atom. The normalized spacial score (nSPS) is 24.0. The van der Waals surface area contributed by atoms with Crippen LogP contribution in [0.1, 0.15) is 37.3 Å². The van der Waals surface area contributed by atoms with E-state index < -0.39 is 0 Å². The van der Waals surface area contributed by atoms with Crippen molar-refractivity contribution >= 4 is 11.6 Å². The van der Waals surface area contributed by atoms with Gasteiger partial charge in [0.25, 0.3) is 0 Å². The fourth-order valence-electron chi connectivity index (χ4n) is 2.78. The van der Waals surface area contributed by atoms with Crippen LogP contribution in [0.4, 0.5) is 0 Å². The highest BCUT2D eigenvalue weighted by Gasteiger charge is 2.31. The Hall–Kier alpha value is -0.570. The molecule has 1 unspecified atom stereocenters. The van der Waals surface area contributed by atoms with Crippen LogP contribution < -0.4 is 0 Å². The highest BCUT2D eigenvalue weighted by atomic mass is 35.5. The van der Waals surface area contributed by atoms with Crippen molar-refractivity contribution in [3.8, 4) is 0 Å². The number of aliphatic hydroxyl groups is 1. The first kappa shape index (κ1) is 14.8. The number of ether oxygens (including phenoxy) is 1. The molecule has 1 aromatic rings. The Morgan fingerprint density at radius 1 is 1.42 bits per heavy atom. The summed E-state index contributed by atoms with van der Waals surface area (Å²) >= 11 is 6.19. The molecule has 1 N–H and O–H groups in total. The predicted molar refractivity (Wildman–Crippen MR) is 78.7 cm³/mol. The summed E-state index contributed by atoms with van der Waals surface area (Å²) in [6.45, 7) is 4.84. The van der Waals surface area contributed by atoms with Crippen LogP contribution >= 0.6 is 11.6 Å². The van der Waals surface area contributed by atoms with Crippen LogP contribution in [-0.4, -0.2) is 23.9 Å². The summed E-state index contributed by atoms with van der Waals surface area (Å²) in [5.41, 5.74) is 2.20. The maximum absolute atomic E-state index is 10.1. The first-order valence-corrected chi connectivity index (χ1v) is 7.51. The summed E-state index contributed by atoms with van der Waals surface area (Å²) in [5, 5.41) is 10.9. The van der Waals surface area contributed by atoms with Gasteiger partial charge < -0.3 is 9.84 Å². The Morgan fingerprint density at radius 2 is 2.16 bits per heavy atom. The van der Waals surface area contributed by atoms with Crippen molar-refractivity contribution in [1.29, 1.82) is 0 Å². The fourth-order valence-corrected chi connectivity index (χ4v) is 3.09. The van der Waals surface area contributed by atoms with Gasteiger partial charge in [0, 0.05) is 11.6 Å². The van der Waals surface area contributed by atoms with Crippen molar-refractivity contribution in [3.63, 3.8) is 0 Å². The molecule has 0 saturated heterocycles. The van der Waals surface area contributed by atoms with Gasteiger partial charge in [0.15, 0.2) is 0 Å². The summed E-state index contributed by atoms with van der Waals surface area (Å²) in [6.07, 6.45) is 3.81. The van der Waals surface area contributed by atoms with Gasteiger partial charge >= 0.3 is 0 Å². The van der Waals surface area contributed by atoms with Gasteiger partial charge in [-0.05, 0) is 62.6 Å². The minimum absolute atomic E-state index is 0.298. The van der Waals surface area contributed by atoms with Crippen LogP contribution in [0, 0.1) is 12.8 Å². The minimum atomic E-state index is -0.298. The number of rotatable bonds is 6. The van der Waals surface area contributed by atoms with Crippen LogP contribution in [0.2, 0.25) is 5.02 Å². The standard InChI is InChI=1S/C16H23ClO2/c1-3-19-15-8-12(9-15)7-14(18)10-13-5-4-11(2)6-16(13)17/h4-6,12,14-15,18H,3,7-10H2,1-2H3. The van der Waals surface area contributed by atoms with Crippen molar-refractivity contribution in [2.45, 2.75) is 51.7 Å². The number of halogens is 1. The lowest BCUT2D eigenvalue weighted by Gasteiger charge is -2.36. The van der Waals surface area contributed by atoms with Crippen LogP contribution in [-0.2, 0) is 11.2 Å². The topological polar surface area (TPSA) is 29.5 Å². The minimum Gasteiger partial charge on any atom is -0.393 e. The molecule has 0 amide bonds. The molecule has 1 fully saturated rings.